The first-order chi connectivity index (χ1) is 1.41. The van der Waals surface area contributed by atoms with Gasteiger partial charge in [-0.3, -0.25) is 0 Å². The van der Waals surface area contributed by atoms with E-state index in [-0.39, 0.29) is 12.4 Å². The van der Waals surface area contributed by atoms with Crippen molar-refractivity contribution in [3.05, 3.63) is 0 Å². The van der Waals surface area contributed by atoms with Crippen LogP contribution in [0, 0.1) is 0 Å². The second kappa shape index (κ2) is 10.9. The van der Waals surface area contributed by atoms with Crippen LogP contribution in [-0.2, 0) is 4.94 Å². The minimum absolute atomic E-state index is 0. The van der Waals surface area contributed by atoms with E-state index in [1.807, 2.05) is 0 Å². The molecule has 0 aromatic heterocycles. The summed E-state index contributed by atoms with van der Waals surface area (Å²) >= 11 is 0. The Hall–Kier alpha value is 0.170. The van der Waals surface area contributed by atoms with Crippen molar-refractivity contribution < 1.29 is 4.94 Å². The second-order valence-corrected chi connectivity index (χ2v) is 0.136. The lowest BCUT2D eigenvalue weighted by Gasteiger charge is -1.62. The van der Waals surface area contributed by atoms with Crippen molar-refractivity contribution in [2.45, 2.75) is 0 Å². The van der Waals surface area contributed by atoms with E-state index >= 15 is 0 Å². The lowest BCUT2D eigenvalue weighted by Crippen LogP contribution is -2.03. The smallest absolute Gasteiger partial charge is 0.147 e. The van der Waals surface area contributed by atoms with Crippen molar-refractivity contribution in [3.63, 3.8) is 0 Å². The summed E-state index contributed by atoms with van der Waals surface area (Å²) in [6.07, 6.45) is 0. The van der Waals surface area contributed by atoms with Gasteiger partial charge in [-0.1, -0.05) is 0 Å². The summed E-state index contributed by atoms with van der Waals surface area (Å²) in [5, 5.41) is 0. The Morgan fingerprint density at radius 2 is 1.25 bits per heavy atom. The van der Waals surface area contributed by atoms with E-state index in [0.29, 0.717) is 0 Å². The summed E-state index contributed by atoms with van der Waals surface area (Å²) < 4.78 is 0. The highest BCUT2D eigenvalue weighted by atomic mass is 35.5. The highest BCUT2D eigenvalue weighted by molar-refractivity contribution is 5.85. The van der Waals surface area contributed by atoms with Gasteiger partial charge in [0.15, 0.2) is 0 Å². The summed E-state index contributed by atoms with van der Waals surface area (Å²) in [4.78, 5) is 3.25. The van der Waals surface area contributed by atoms with Gasteiger partial charge in [-0.2, -0.15) is 11.8 Å². The highest BCUT2D eigenvalue weighted by Crippen LogP contribution is 0.949. The van der Waals surface area contributed by atoms with Crippen molar-refractivity contribution in [1.29, 1.82) is 0 Å². The Morgan fingerprint density at radius 3 is 1.25 bits per heavy atom. The van der Waals surface area contributed by atoms with Crippen molar-refractivity contribution in [2.75, 3.05) is 0 Å². The molecule has 4 heavy (non-hydrogen) atoms. The first-order valence-electron chi connectivity index (χ1n) is 0.471. The molecule has 0 aliphatic heterocycles. The summed E-state index contributed by atoms with van der Waals surface area (Å²) in [5.74, 6) is 8.25. The van der Waals surface area contributed by atoms with Crippen LogP contribution in [0.2, 0.25) is 0 Å². The standard InChI is InChI=1S/ClH.H4N2O/c;1-3-2/h1H;1-2H2. The Bertz CT molecular complexity index is 6.00. The third-order valence-electron chi connectivity index (χ3n) is 0. The third-order valence-corrected chi connectivity index (χ3v) is 0. The van der Waals surface area contributed by atoms with E-state index < -0.39 is 0 Å². The van der Waals surface area contributed by atoms with Gasteiger partial charge in [0.2, 0.25) is 0 Å². The molecule has 0 spiro atoms. The first-order valence-corrected chi connectivity index (χ1v) is 0.471. The van der Waals surface area contributed by atoms with E-state index in [0.717, 1.165) is 0 Å². The van der Waals surface area contributed by atoms with Gasteiger partial charge in [-0.15, -0.1) is 12.4 Å². The van der Waals surface area contributed by atoms with Gasteiger partial charge in [0.1, 0.15) is 0 Å². The predicted molar refractivity (Wildman–Crippen MR) is 16.7 cm³/mol. The third kappa shape index (κ3) is 103. The van der Waals surface area contributed by atoms with Crippen LogP contribution in [0.1, 0.15) is 0 Å². The van der Waals surface area contributed by atoms with Gasteiger partial charge in [-0.25, -0.2) is 4.94 Å². The van der Waals surface area contributed by atoms with Crippen LogP contribution in [0.5, 0.6) is 0 Å². The molecule has 0 aliphatic rings. The van der Waals surface area contributed by atoms with E-state index in [1.165, 1.54) is 0 Å². The maximum Gasteiger partial charge on any atom is -0.147 e. The molecule has 0 amide bonds. The quantitative estimate of drug-likeness (QED) is 0.377. The molecule has 0 aromatic rings. The van der Waals surface area contributed by atoms with E-state index in [9.17, 15) is 0 Å². The van der Waals surface area contributed by atoms with Crippen molar-refractivity contribution >= 4 is 12.4 Å². The lowest BCUT2D eigenvalue weighted by atomic mass is 13.3. The van der Waals surface area contributed by atoms with Gasteiger partial charge in [-0.05, 0) is 0 Å². The van der Waals surface area contributed by atoms with Gasteiger partial charge in [0.05, 0.1) is 0 Å². The first kappa shape index (κ1) is 8.90. The fourth-order valence-corrected chi connectivity index (χ4v) is 0. The summed E-state index contributed by atoms with van der Waals surface area (Å²) in [6, 6.07) is 0. The molecule has 0 bridgehead atoms. The normalized spacial score (nSPS) is 4.50. The predicted octanol–water partition coefficient (Wildman–Crippen LogP) is -0.828. The van der Waals surface area contributed by atoms with Crippen LogP contribution in [0.4, 0.5) is 0 Å². The van der Waals surface area contributed by atoms with Crippen molar-refractivity contribution in [3.8, 4) is 0 Å². The highest BCUT2D eigenvalue weighted by Gasteiger charge is 1.21. The molecule has 0 heterocycles. The molecule has 0 atom stereocenters. The second-order valence-electron chi connectivity index (χ2n) is 0.136. The molecule has 0 unspecified atom stereocenters. The zero-order chi connectivity index (χ0) is 2.71. The number of hydrogen-bond acceptors (Lipinski definition) is 3. The number of nitrogens with two attached hydrogens (primary N) is 2. The van der Waals surface area contributed by atoms with Crippen molar-refractivity contribution in [1.82, 2.24) is 0 Å². The molecule has 0 aromatic carbocycles. The molecule has 0 radical (unpaired) electrons. The molecule has 0 fully saturated rings. The largest absolute Gasteiger partial charge is 0.220 e. The molecule has 28 valence electrons. The molecular formula is H5ClN2O. The molecule has 4 N–H and O–H groups in total. The fraction of sp³-hybridized carbons (Fsp3) is 0. The topological polar surface area (TPSA) is 61.3 Å². The van der Waals surface area contributed by atoms with Crippen molar-refractivity contribution in [2.24, 2.45) is 11.8 Å². The van der Waals surface area contributed by atoms with Crippen LogP contribution in [0.25, 0.3) is 0 Å². The monoisotopic (exact) mass is 84.0 g/mol. The Balaban J connectivity index is 0. The number of halogens is 1. The zero-order valence-corrected chi connectivity index (χ0v) is 2.79. The van der Waals surface area contributed by atoms with E-state index in [1.54, 1.807) is 0 Å². The molecule has 3 nitrogen and oxygen atoms in total. The Kier molecular flexibility index (Phi) is 24.3. The number of rotatable bonds is 0. The Labute approximate surface area is 30.2 Å². The zero-order valence-electron chi connectivity index (χ0n) is 1.97. The van der Waals surface area contributed by atoms with Gasteiger partial charge < -0.3 is 0 Å². The van der Waals surface area contributed by atoms with Crippen LogP contribution < -0.4 is 11.8 Å². The fourth-order valence-electron chi connectivity index (χ4n) is 0. The van der Waals surface area contributed by atoms with Crippen LogP contribution >= 0.6 is 12.4 Å². The molecule has 0 saturated heterocycles. The maximum atomic E-state index is 4.12. The maximum absolute atomic E-state index is 4.12. The Morgan fingerprint density at radius 1 is 1.25 bits per heavy atom. The molecule has 0 saturated carbocycles. The SMILES string of the molecule is Cl.NON. The average Bonchev–Trinajstić information content (AvgIpc) is 0.918. The summed E-state index contributed by atoms with van der Waals surface area (Å²) in [7, 11) is 0. The summed E-state index contributed by atoms with van der Waals surface area (Å²) in [6.45, 7) is 0. The van der Waals surface area contributed by atoms with Gasteiger partial charge in [0.25, 0.3) is 0 Å². The minimum Gasteiger partial charge on any atom is -0.220 e. The van der Waals surface area contributed by atoms with Crippen LogP contribution in [0.3, 0.4) is 0 Å². The molecule has 0 aliphatic carbocycles. The molecule has 4 heteroatoms. The minimum atomic E-state index is 0. The lowest BCUT2D eigenvalue weighted by molar-refractivity contribution is 0.142. The number of hydrogen-bond donors (Lipinski definition) is 2. The van der Waals surface area contributed by atoms with E-state index in [4.69, 9.17) is 0 Å². The molecular weight excluding hydrogens is 79.5 g/mol. The van der Waals surface area contributed by atoms with Gasteiger partial charge in [0, 0.05) is 0 Å². The van der Waals surface area contributed by atoms with E-state index in [2.05, 4.69) is 16.7 Å². The average molecular weight is 84.5 g/mol. The van der Waals surface area contributed by atoms with Gasteiger partial charge >= 0.3 is 0 Å². The van der Waals surface area contributed by atoms with Crippen LogP contribution in [-0.4, -0.2) is 0 Å². The summed E-state index contributed by atoms with van der Waals surface area (Å²) in [5.41, 5.74) is 0. The van der Waals surface area contributed by atoms with Crippen LogP contribution in [0.15, 0.2) is 0 Å². The molecule has 0 rings (SSSR count).